The summed E-state index contributed by atoms with van der Waals surface area (Å²) in [6.07, 6.45) is 0.504. The minimum Gasteiger partial charge on any atom is -0.455 e. The second kappa shape index (κ2) is 10.7. The van der Waals surface area contributed by atoms with E-state index < -0.39 is 6.04 Å². The standard InChI is InChI=1S/C29H28N2O3/c1-20(2)19-26(31-28(32)24-16-10-12-21-11-6-7-15-23(21)24)29(33)30-25-17-8-9-18-27(25)34-22-13-4-3-5-14-22/h3-18,20,26H,19H2,1-2H3,(H,30,33)(H,31,32). The van der Waals surface area contributed by atoms with Crippen LogP contribution in [0, 0.1) is 5.92 Å². The first kappa shape index (κ1) is 23.1. The average Bonchev–Trinajstić information content (AvgIpc) is 2.84. The van der Waals surface area contributed by atoms with Gasteiger partial charge >= 0.3 is 0 Å². The first-order valence-electron chi connectivity index (χ1n) is 11.4. The summed E-state index contributed by atoms with van der Waals surface area (Å²) in [5, 5.41) is 7.74. The first-order chi connectivity index (χ1) is 16.5. The third-order valence-electron chi connectivity index (χ3n) is 5.48. The van der Waals surface area contributed by atoms with Gasteiger partial charge in [-0.3, -0.25) is 9.59 Å². The van der Waals surface area contributed by atoms with Gasteiger partial charge in [0.05, 0.1) is 5.69 Å². The molecule has 0 aliphatic heterocycles. The molecular formula is C29H28N2O3. The predicted octanol–water partition coefficient (Wildman–Crippen LogP) is 6.42. The number of carbonyl (C=O) groups is 2. The highest BCUT2D eigenvalue weighted by Gasteiger charge is 2.24. The van der Waals surface area contributed by atoms with Crippen LogP contribution in [0.3, 0.4) is 0 Å². The Hall–Kier alpha value is -4.12. The summed E-state index contributed by atoms with van der Waals surface area (Å²) < 4.78 is 5.97. The lowest BCUT2D eigenvalue weighted by atomic mass is 10.0. The molecular weight excluding hydrogens is 424 g/mol. The van der Waals surface area contributed by atoms with Gasteiger partial charge in [-0.2, -0.15) is 0 Å². The molecule has 4 rings (SSSR count). The largest absolute Gasteiger partial charge is 0.455 e. The fourth-order valence-corrected chi connectivity index (χ4v) is 3.86. The molecule has 4 aromatic carbocycles. The van der Waals surface area contributed by atoms with Gasteiger partial charge in [0.2, 0.25) is 5.91 Å². The monoisotopic (exact) mass is 452 g/mol. The van der Waals surface area contributed by atoms with Crippen LogP contribution in [0.1, 0.15) is 30.6 Å². The van der Waals surface area contributed by atoms with Crippen LogP contribution in [0.2, 0.25) is 0 Å². The Balaban J connectivity index is 1.54. The van der Waals surface area contributed by atoms with Gasteiger partial charge in [0, 0.05) is 5.56 Å². The quantitative estimate of drug-likeness (QED) is 0.324. The highest BCUT2D eigenvalue weighted by molar-refractivity contribution is 6.09. The summed E-state index contributed by atoms with van der Waals surface area (Å²) in [4.78, 5) is 26.5. The van der Waals surface area contributed by atoms with E-state index in [0.29, 0.717) is 29.2 Å². The topological polar surface area (TPSA) is 67.4 Å². The van der Waals surface area contributed by atoms with Gasteiger partial charge < -0.3 is 15.4 Å². The van der Waals surface area contributed by atoms with E-state index >= 15 is 0 Å². The number of para-hydroxylation sites is 3. The summed E-state index contributed by atoms with van der Waals surface area (Å²) in [5.41, 5.74) is 1.09. The van der Waals surface area contributed by atoms with Gasteiger partial charge in [0.1, 0.15) is 11.8 Å². The number of hydrogen-bond acceptors (Lipinski definition) is 3. The molecule has 0 bridgehead atoms. The molecule has 2 N–H and O–H groups in total. The smallest absolute Gasteiger partial charge is 0.252 e. The van der Waals surface area contributed by atoms with Crippen LogP contribution in [0.4, 0.5) is 5.69 Å². The summed E-state index contributed by atoms with van der Waals surface area (Å²) in [6.45, 7) is 4.05. The second-order valence-corrected chi connectivity index (χ2v) is 8.58. The molecule has 0 aliphatic rings. The van der Waals surface area contributed by atoms with Gasteiger partial charge in [-0.15, -0.1) is 0 Å². The maximum Gasteiger partial charge on any atom is 0.252 e. The molecule has 0 aromatic heterocycles. The van der Waals surface area contributed by atoms with Crippen LogP contribution in [-0.4, -0.2) is 17.9 Å². The highest BCUT2D eigenvalue weighted by atomic mass is 16.5. The molecule has 5 nitrogen and oxygen atoms in total. The Morgan fingerprint density at radius 3 is 2.26 bits per heavy atom. The molecule has 2 amide bonds. The van der Waals surface area contributed by atoms with Crippen molar-refractivity contribution in [1.82, 2.24) is 5.32 Å². The van der Waals surface area contributed by atoms with E-state index in [4.69, 9.17) is 4.74 Å². The van der Waals surface area contributed by atoms with Crippen molar-refractivity contribution in [3.8, 4) is 11.5 Å². The molecule has 0 aliphatic carbocycles. The van der Waals surface area contributed by atoms with Gasteiger partial charge in [-0.1, -0.05) is 80.6 Å². The molecule has 5 heteroatoms. The molecule has 0 radical (unpaired) electrons. The Kier molecular flexibility index (Phi) is 7.23. The Morgan fingerprint density at radius 1 is 0.794 bits per heavy atom. The molecule has 1 atom stereocenters. The maximum atomic E-state index is 13.3. The van der Waals surface area contributed by atoms with Crippen LogP contribution < -0.4 is 15.4 Å². The van der Waals surface area contributed by atoms with Gasteiger partial charge in [-0.05, 0) is 53.4 Å². The number of ether oxygens (including phenoxy) is 1. The minimum atomic E-state index is -0.698. The van der Waals surface area contributed by atoms with Crippen molar-refractivity contribution in [3.05, 3.63) is 103 Å². The van der Waals surface area contributed by atoms with Crippen molar-refractivity contribution in [2.45, 2.75) is 26.3 Å². The number of hydrogen-bond donors (Lipinski definition) is 2. The third-order valence-corrected chi connectivity index (χ3v) is 5.48. The van der Waals surface area contributed by atoms with Gasteiger partial charge in [0.15, 0.2) is 5.75 Å². The van der Waals surface area contributed by atoms with Crippen molar-refractivity contribution in [1.29, 1.82) is 0 Å². The number of fused-ring (bicyclic) bond motifs is 1. The van der Waals surface area contributed by atoms with Crippen molar-refractivity contribution < 1.29 is 14.3 Å². The molecule has 0 saturated heterocycles. The summed E-state index contributed by atoms with van der Waals surface area (Å²) in [6, 6.07) is 29.3. The van der Waals surface area contributed by atoms with Crippen molar-refractivity contribution >= 4 is 28.3 Å². The van der Waals surface area contributed by atoms with E-state index in [9.17, 15) is 9.59 Å². The molecule has 0 saturated carbocycles. The fraction of sp³-hybridized carbons (Fsp3) is 0.172. The average molecular weight is 453 g/mol. The Morgan fingerprint density at radius 2 is 1.47 bits per heavy atom. The minimum absolute atomic E-state index is 0.208. The number of carbonyl (C=O) groups excluding carboxylic acids is 2. The lowest BCUT2D eigenvalue weighted by molar-refractivity contribution is -0.118. The van der Waals surface area contributed by atoms with Crippen molar-refractivity contribution in [2.24, 2.45) is 5.92 Å². The van der Waals surface area contributed by atoms with E-state index in [2.05, 4.69) is 10.6 Å². The lowest BCUT2D eigenvalue weighted by Gasteiger charge is -2.21. The van der Waals surface area contributed by atoms with E-state index in [1.807, 2.05) is 92.7 Å². The van der Waals surface area contributed by atoms with Crippen LogP contribution in [0.15, 0.2) is 97.1 Å². The van der Waals surface area contributed by atoms with Crippen molar-refractivity contribution in [2.75, 3.05) is 5.32 Å². The molecule has 4 aromatic rings. The summed E-state index contributed by atoms with van der Waals surface area (Å²) in [5.74, 6) is 0.857. The normalized spacial score (nSPS) is 11.7. The van der Waals surface area contributed by atoms with E-state index in [0.717, 1.165) is 10.8 Å². The Labute approximate surface area is 199 Å². The van der Waals surface area contributed by atoms with E-state index in [-0.39, 0.29) is 17.7 Å². The van der Waals surface area contributed by atoms with Gasteiger partial charge in [-0.25, -0.2) is 0 Å². The van der Waals surface area contributed by atoms with Crippen LogP contribution in [0.25, 0.3) is 10.8 Å². The fourth-order valence-electron chi connectivity index (χ4n) is 3.86. The number of benzene rings is 4. The number of amides is 2. The summed E-state index contributed by atoms with van der Waals surface area (Å²) in [7, 11) is 0. The van der Waals surface area contributed by atoms with E-state index in [1.54, 1.807) is 18.2 Å². The van der Waals surface area contributed by atoms with Crippen LogP contribution in [0.5, 0.6) is 11.5 Å². The maximum absolute atomic E-state index is 13.3. The van der Waals surface area contributed by atoms with Gasteiger partial charge in [0.25, 0.3) is 5.91 Å². The molecule has 0 heterocycles. The highest BCUT2D eigenvalue weighted by Crippen LogP contribution is 2.29. The number of anilines is 1. The van der Waals surface area contributed by atoms with E-state index in [1.165, 1.54) is 0 Å². The summed E-state index contributed by atoms with van der Waals surface area (Å²) >= 11 is 0. The molecule has 0 spiro atoms. The molecule has 34 heavy (non-hydrogen) atoms. The number of nitrogens with one attached hydrogen (secondary N) is 2. The Bertz CT molecular complexity index is 1280. The lowest BCUT2D eigenvalue weighted by Crippen LogP contribution is -2.44. The molecule has 1 unspecified atom stereocenters. The SMILES string of the molecule is CC(C)CC(NC(=O)c1cccc2ccccc12)C(=O)Nc1ccccc1Oc1ccccc1. The predicted molar refractivity (Wildman–Crippen MR) is 136 cm³/mol. The first-order valence-corrected chi connectivity index (χ1v) is 11.4. The molecule has 172 valence electrons. The second-order valence-electron chi connectivity index (χ2n) is 8.58. The zero-order valence-corrected chi connectivity index (χ0v) is 19.3. The number of rotatable bonds is 8. The third kappa shape index (κ3) is 5.62. The zero-order valence-electron chi connectivity index (χ0n) is 19.3. The zero-order chi connectivity index (χ0) is 23.9. The van der Waals surface area contributed by atoms with Crippen molar-refractivity contribution in [3.63, 3.8) is 0 Å². The molecule has 0 fully saturated rings. The van der Waals surface area contributed by atoms with Crippen LogP contribution in [-0.2, 0) is 4.79 Å². The van der Waals surface area contributed by atoms with Crippen LogP contribution >= 0.6 is 0 Å².